The van der Waals surface area contributed by atoms with Crippen LogP contribution in [0.2, 0.25) is 0 Å². The fourth-order valence-electron chi connectivity index (χ4n) is 3.41. The van der Waals surface area contributed by atoms with E-state index in [0.717, 1.165) is 37.2 Å². The Hall–Kier alpha value is -2.00. The van der Waals surface area contributed by atoms with Crippen LogP contribution in [0.1, 0.15) is 51.7 Å². The Morgan fingerprint density at radius 3 is 1.22 bits per heavy atom. The van der Waals surface area contributed by atoms with Gasteiger partial charge in [-0.2, -0.15) is 0 Å². The highest BCUT2D eigenvalue weighted by Crippen LogP contribution is 2.32. The second-order valence-electron chi connectivity index (χ2n) is 7.76. The molecule has 0 amide bonds. The summed E-state index contributed by atoms with van der Waals surface area (Å²) in [4.78, 5) is 0. The van der Waals surface area contributed by atoms with Crippen molar-refractivity contribution in [3.63, 3.8) is 0 Å². The normalized spacial score (nSPS) is 15.6. The van der Waals surface area contributed by atoms with Gasteiger partial charge in [0.1, 0.15) is 11.5 Å². The van der Waals surface area contributed by atoms with Crippen LogP contribution in [-0.2, 0) is 17.6 Å². The summed E-state index contributed by atoms with van der Waals surface area (Å²) in [5.74, 6) is 1.77. The van der Waals surface area contributed by atoms with Gasteiger partial charge < -0.3 is 14.2 Å². The summed E-state index contributed by atoms with van der Waals surface area (Å²) < 4.78 is 17.3. The standard InChI is InChI=1S/C24H34O3/c1-7-23(3,17-19-9-13-21(25-5)14-10-19)27-24(4,8-2)18-20-11-15-22(26-6)16-12-20/h9-16H,7-8,17-18H2,1-6H3. The zero-order chi connectivity index (χ0) is 19.9. The maximum Gasteiger partial charge on any atom is 0.118 e. The highest BCUT2D eigenvalue weighted by atomic mass is 16.5. The van der Waals surface area contributed by atoms with Crippen LogP contribution in [0.15, 0.2) is 48.5 Å². The Morgan fingerprint density at radius 1 is 0.630 bits per heavy atom. The second-order valence-corrected chi connectivity index (χ2v) is 7.76. The minimum atomic E-state index is -0.216. The van der Waals surface area contributed by atoms with Crippen LogP contribution in [0.4, 0.5) is 0 Å². The molecule has 0 saturated carbocycles. The maximum absolute atomic E-state index is 6.78. The van der Waals surface area contributed by atoms with Crippen LogP contribution in [0.25, 0.3) is 0 Å². The molecule has 0 aliphatic carbocycles. The minimum Gasteiger partial charge on any atom is -0.497 e. The first-order valence-corrected chi connectivity index (χ1v) is 9.81. The molecule has 0 bridgehead atoms. The molecule has 3 nitrogen and oxygen atoms in total. The van der Waals surface area contributed by atoms with Gasteiger partial charge in [-0.25, -0.2) is 0 Å². The predicted molar refractivity (Wildman–Crippen MR) is 112 cm³/mol. The summed E-state index contributed by atoms with van der Waals surface area (Å²) in [5, 5.41) is 0. The number of benzene rings is 2. The molecule has 0 spiro atoms. The Bertz CT molecular complexity index is 631. The van der Waals surface area contributed by atoms with E-state index in [2.05, 4.69) is 52.0 Å². The van der Waals surface area contributed by atoms with E-state index in [1.54, 1.807) is 14.2 Å². The first-order valence-electron chi connectivity index (χ1n) is 9.81. The highest BCUT2D eigenvalue weighted by molar-refractivity contribution is 5.29. The van der Waals surface area contributed by atoms with Crippen LogP contribution in [0.5, 0.6) is 11.5 Å². The Balaban J connectivity index is 2.12. The lowest BCUT2D eigenvalue weighted by Gasteiger charge is -2.40. The monoisotopic (exact) mass is 370 g/mol. The zero-order valence-electron chi connectivity index (χ0n) is 17.7. The quantitative estimate of drug-likeness (QED) is 0.525. The van der Waals surface area contributed by atoms with Gasteiger partial charge >= 0.3 is 0 Å². The molecule has 148 valence electrons. The van der Waals surface area contributed by atoms with Gasteiger partial charge in [0.15, 0.2) is 0 Å². The van der Waals surface area contributed by atoms with Gasteiger partial charge in [0.2, 0.25) is 0 Å². The van der Waals surface area contributed by atoms with Crippen LogP contribution < -0.4 is 9.47 Å². The topological polar surface area (TPSA) is 27.7 Å². The largest absolute Gasteiger partial charge is 0.497 e. The van der Waals surface area contributed by atoms with Gasteiger partial charge in [-0.15, -0.1) is 0 Å². The number of rotatable bonds is 10. The molecular weight excluding hydrogens is 336 g/mol. The zero-order valence-corrected chi connectivity index (χ0v) is 17.7. The molecule has 0 fully saturated rings. The molecule has 0 radical (unpaired) electrons. The molecule has 0 N–H and O–H groups in total. The highest BCUT2D eigenvalue weighted by Gasteiger charge is 2.34. The lowest BCUT2D eigenvalue weighted by molar-refractivity contribution is -0.143. The second kappa shape index (κ2) is 9.27. The van der Waals surface area contributed by atoms with E-state index in [1.165, 1.54) is 11.1 Å². The maximum atomic E-state index is 6.78. The molecule has 2 aromatic carbocycles. The third-order valence-corrected chi connectivity index (χ3v) is 5.46. The third kappa shape index (κ3) is 6.00. The third-order valence-electron chi connectivity index (χ3n) is 5.46. The van der Waals surface area contributed by atoms with Crippen LogP contribution >= 0.6 is 0 Å². The van der Waals surface area contributed by atoms with Gasteiger partial charge in [0.05, 0.1) is 25.4 Å². The van der Waals surface area contributed by atoms with Crippen molar-refractivity contribution in [1.82, 2.24) is 0 Å². The van der Waals surface area contributed by atoms with E-state index in [-0.39, 0.29) is 11.2 Å². The van der Waals surface area contributed by atoms with E-state index < -0.39 is 0 Å². The molecule has 0 saturated heterocycles. The fourth-order valence-corrected chi connectivity index (χ4v) is 3.41. The SMILES string of the molecule is CCC(C)(Cc1ccc(OC)cc1)OC(C)(CC)Cc1ccc(OC)cc1. The molecule has 2 aromatic rings. The van der Waals surface area contributed by atoms with Crippen molar-refractivity contribution in [3.8, 4) is 11.5 Å². The molecule has 2 atom stereocenters. The molecule has 0 aliphatic heterocycles. The molecule has 0 aromatic heterocycles. The summed E-state index contributed by atoms with van der Waals surface area (Å²) in [7, 11) is 3.39. The molecule has 27 heavy (non-hydrogen) atoms. The van der Waals surface area contributed by atoms with E-state index >= 15 is 0 Å². The molecule has 2 rings (SSSR count). The number of ether oxygens (including phenoxy) is 3. The van der Waals surface area contributed by atoms with E-state index in [1.807, 2.05) is 24.3 Å². The molecule has 3 heteroatoms. The van der Waals surface area contributed by atoms with Crippen molar-refractivity contribution in [2.24, 2.45) is 0 Å². The molecular formula is C24H34O3. The molecule has 2 unspecified atom stereocenters. The van der Waals surface area contributed by atoms with Crippen LogP contribution in [-0.4, -0.2) is 25.4 Å². The summed E-state index contributed by atoms with van der Waals surface area (Å²) in [5.41, 5.74) is 2.10. The van der Waals surface area contributed by atoms with Crippen molar-refractivity contribution >= 4 is 0 Å². The van der Waals surface area contributed by atoms with Crippen molar-refractivity contribution < 1.29 is 14.2 Å². The fraction of sp³-hybridized carbons (Fsp3) is 0.500. The van der Waals surface area contributed by atoms with E-state index in [0.29, 0.717) is 0 Å². The van der Waals surface area contributed by atoms with Crippen molar-refractivity contribution in [1.29, 1.82) is 0 Å². The predicted octanol–water partition coefficient (Wildman–Crippen LogP) is 5.84. The first-order chi connectivity index (χ1) is 12.8. The summed E-state index contributed by atoms with van der Waals surface area (Å²) in [6, 6.07) is 16.6. The Kier molecular flexibility index (Phi) is 7.32. The van der Waals surface area contributed by atoms with E-state index in [9.17, 15) is 0 Å². The van der Waals surface area contributed by atoms with Crippen LogP contribution in [0, 0.1) is 0 Å². The number of hydrogen-bond acceptors (Lipinski definition) is 3. The van der Waals surface area contributed by atoms with Gasteiger partial charge in [-0.1, -0.05) is 38.1 Å². The van der Waals surface area contributed by atoms with Crippen LogP contribution in [0.3, 0.4) is 0 Å². The van der Waals surface area contributed by atoms with E-state index in [4.69, 9.17) is 14.2 Å². The summed E-state index contributed by atoms with van der Waals surface area (Å²) in [6.45, 7) is 8.85. The first kappa shape index (κ1) is 21.3. The molecule has 0 aliphatic rings. The number of methoxy groups -OCH3 is 2. The smallest absolute Gasteiger partial charge is 0.118 e. The van der Waals surface area contributed by atoms with Gasteiger partial charge in [-0.05, 0) is 62.1 Å². The molecule has 0 heterocycles. The Labute approximate surface area is 164 Å². The van der Waals surface area contributed by atoms with Gasteiger partial charge in [0.25, 0.3) is 0 Å². The lowest BCUT2D eigenvalue weighted by Crippen LogP contribution is -2.43. The summed E-state index contributed by atoms with van der Waals surface area (Å²) >= 11 is 0. The van der Waals surface area contributed by atoms with Gasteiger partial charge in [0, 0.05) is 12.8 Å². The van der Waals surface area contributed by atoms with Gasteiger partial charge in [-0.3, -0.25) is 0 Å². The average molecular weight is 371 g/mol. The lowest BCUT2D eigenvalue weighted by atomic mass is 9.88. The minimum absolute atomic E-state index is 0.216. The van der Waals surface area contributed by atoms with Crippen molar-refractivity contribution in [2.45, 2.75) is 64.6 Å². The summed E-state index contributed by atoms with van der Waals surface area (Å²) in [6.07, 6.45) is 3.67. The number of hydrogen-bond donors (Lipinski definition) is 0. The van der Waals surface area contributed by atoms with Crippen molar-refractivity contribution in [2.75, 3.05) is 14.2 Å². The van der Waals surface area contributed by atoms with Crippen molar-refractivity contribution in [3.05, 3.63) is 59.7 Å². The Morgan fingerprint density at radius 2 is 0.963 bits per heavy atom. The average Bonchev–Trinajstić information content (AvgIpc) is 2.69.